The van der Waals surface area contributed by atoms with Crippen molar-refractivity contribution in [1.82, 2.24) is 15.1 Å². The molecule has 1 aromatic heterocycles. The second-order valence-electron chi connectivity index (χ2n) is 7.78. The highest BCUT2D eigenvalue weighted by Crippen LogP contribution is 2.28. The number of aromatic amines is 1. The van der Waals surface area contributed by atoms with Crippen LogP contribution in [0.15, 0.2) is 54.6 Å². The Bertz CT molecular complexity index is 992. The average molecular weight is 407 g/mol. The van der Waals surface area contributed by atoms with Crippen molar-refractivity contribution in [2.24, 2.45) is 0 Å². The molecule has 1 unspecified atom stereocenters. The molecule has 6 heteroatoms. The summed E-state index contributed by atoms with van der Waals surface area (Å²) in [7, 11) is 1.84. The lowest BCUT2D eigenvalue weighted by Gasteiger charge is -2.20. The first kappa shape index (κ1) is 20.1. The van der Waals surface area contributed by atoms with Crippen molar-refractivity contribution in [2.75, 3.05) is 13.6 Å². The molecule has 1 N–H and O–H groups in total. The highest BCUT2D eigenvalue weighted by atomic mass is 19.1. The third-order valence-electron chi connectivity index (χ3n) is 5.49. The average Bonchev–Trinajstić information content (AvgIpc) is 3.40. The predicted molar refractivity (Wildman–Crippen MR) is 114 cm³/mol. The number of hydrogen-bond acceptors (Lipinski definition) is 3. The van der Waals surface area contributed by atoms with Gasteiger partial charge in [-0.25, -0.2) is 4.39 Å². The molecule has 4 rings (SSSR count). The lowest BCUT2D eigenvalue weighted by Crippen LogP contribution is -2.39. The van der Waals surface area contributed by atoms with E-state index < -0.39 is 6.10 Å². The number of amides is 1. The molecule has 0 spiro atoms. The van der Waals surface area contributed by atoms with Crippen LogP contribution in [0.2, 0.25) is 0 Å². The van der Waals surface area contributed by atoms with E-state index in [1.54, 1.807) is 11.0 Å². The molecule has 1 aliphatic rings. The fourth-order valence-electron chi connectivity index (χ4n) is 3.80. The molecule has 0 radical (unpaired) electrons. The number of halogens is 1. The van der Waals surface area contributed by atoms with Crippen LogP contribution in [-0.2, 0) is 17.6 Å². The molecule has 1 atom stereocenters. The van der Waals surface area contributed by atoms with E-state index in [0.29, 0.717) is 13.0 Å². The Kier molecular flexibility index (Phi) is 6.12. The Labute approximate surface area is 175 Å². The molecule has 3 aromatic rings. The van der Waals surface area contributed by atoms with Crippen LogP contribution in [0.3, 0.4) is 0 Å². The fraction of sp³-hybridized carbons (Fsp3) is 0.333. The van der Waals surface area contributed by atoms with Crippen molar-refractivity contribution in [1.29, 1.82) is 0 Å². The van der Waals surface area contributed by atoms with Crippen molar-refractivity contribution in [3.8, 4) is 17.0 Å². The number of nitrogens with one attached hydrogen (secondary N) is 1. The van der Waals surface area contributed by atoms with Crippen LogP contribution in [0.1, 0.15) is 30.5 Å². The summed E-state index contributed by atoms with van der Waals surface area (Å²) in [5.41, 5.74) is 3.67. The van der Waals surface area contributed by atoms with Crippen LogP contribution in [0.4, 0.5) is 4.39 Å². The largest absolute Gasteiger partial charge is 0.480 e. The molecule has 1 amide bonds. The summed E-state index contributed by atoms with van der Waals surface area (Å²) in [4.78, 5) is 14.4. The quantitative estimate of drug-likeness (QED) is 0.564. The number of unbranched alkanes of at least 4 members (excludes halogenated alkanes) is 2. The van der Waals surface area contributed by atoms with Crippen molar-refractivity contribution >= 4 is 5.91 Å². The normalized spacial score (nSPS) is 14.9. The summed E-state index contributed by atoms with van der Waals surface area (Å²) in [5.74, 6) is 0.600. The molecule has 30 heavy (non-hydrogen) atoms. The molecule has 0 saturated heterocycles. The topological polar surface area (TPSA) is 58.2 Å². The van der Waals surface area contributed by atoms with Gasteiger partial charge in [-0.3, -0.25) is 9.89 Å². The van der Waals surface area contributed by atoms with Crippen molar-refractivity contribution in [2.45, 2.75) is 38.2 Å². The molecule has 0 aliphatic carbocycles. The molecular formula is C24H26FN3O2. The number of hydrogen-bond donors (Lipinski definition) is 1. The molecular weight excluding hydrogens is 381 g/mol. The number of aryl methyl sites for hydroxylation is 1. The summed E-state index contributed by atoms with van der Waals surface area (Å²) in [6.07, 6.45) is 4.06. The summed E-state index contributed by atoms with van der Waals surface area (Å²) < 4.78 is 19.2. The zero-order chi connectivity index (χ0) is 20.9. The van der Waals surface area contributed by atoms with Gasteiger partial charge in [-0.1, -0.05) is 36.8 Å². The molecule has 0 saturated carbocycles. The first-order chi connectivity index (χ1) is 14.6. The minimum atomic E-state index is -0.404. The number of benzene rings is 2. The van der Waals surface area contributed by atoms with Gasteiger partial charge in [0.2, 0.25) is 0 Å². The fourth-order valence-corrected chi connectivity index (χ4v) is 3.80. The lowest BCUT2D eigenvalue weighted by molar-refractivity contribution is -0.136. The zero-order valence-corrected chi connectivity index (χ0v) is 17.1. The maximum absolute atomic E-state index is 13.4. The third-order valence-corrected chi connectivity index (χ3v) is 5.49. The zero-order valence-electron chi connectivity index (χ0n) is 17.1. The van der Waals surface area contributed by atoms with Gasteiger partial charge < -0.3 is 9.64 Å². The SMILES string of the molecule is CN(CCCCCc1cc(-c2cccc(F)c2)n[nH]1)C(=O)C1Cc2ccccc2O1. The highest BCUT2D eigenvalue weighted by Gasteiger charge is 2.30. The van der Waals surface area contributed by atoms with E-state index in [0.717, 1.165) is 53.9 Å². The van der Waals surface area contributed by atoms with Gasteiger partial charge >= 0.3 is 0 Å². The third kappa shape index (κ3) is 4.70. The van der Waals surface area contributed by atoms with E-state index in [9.17, 15) is 9.18 Å². The van der Waals surface area contributed by atoms with Gasteiger partial charge in [0, 0.05) is 31.3 Å². The van der Waals surface area contributed by atoms with E-state index in [-0.39, 0.29) is 11.7 Å². The van der Waals surface area contributed by atoms with E-state index in [1.807, 2.05) is 43.4 Å². The Hall–Kier alpha value is -3.15. The molecule has 0 fully saturated rings. The van der Waals surface area contributed by atoms with Crippen molar-refractivity contribution < 1.29 is 13.9 Å². The number of H-pyrrole nitrogens is 1. The van der Waals surface area contributed by atoms with Crippen LogP contribution in [0, 0.1) is 5.82 Å². The molecule has 2 aromatic carbocycles. The Morgan fingerprint density at radius 1 is 1.17 bits per heavy atom. The van der Waals surface area contributed by atoms with Gasteiger partial charge in [-0.15, -0.1) is 0 Å². The van der Waals surface area contributed by atoms with Crippen LogP contribution >= 0.6 is 0 Å². The van der Waals surface area contributed by atoms with E-state index >= 15 is 0 Å². The molecule has 156 valence electrons. The minimum Gasteiger partial charge on any atom is -0.480 e. The maximum atomic E-state index is 13.4. The first-order valence-electron chi connectivity index (χ1n) is 10.4. The first-order valence-corrected chi connectivity index (χ1v) is 10.4. The van der Waals surface area contributed by atoms with E-state index in [2.05, 4.69) is 10.2 Å². The number of ether oxygens (including phenoxy) is 1. The Morgan fingerprint density at radius 2 is 2.03 bits per heavy atom. The number of carbonyl (C=O) groups is 1. The van der Waals surface area contributed by atoms with Crippen molar-refractivity contribution in [3.05, 3.63) is 71.7 Å². The second kappa shape index (κ2) is 9.11. The number of para-hydroxylation sites is 1. The number of aromatic nitrogens is 2. The Balaban J connectivity index is 1.17. The molecule has 5 nitrogen and oxygen atoms in total. The number of carbonyl (C=O) groups excluding carboxylic acids is 1. The molecule has 0 bridgehead atoms. The predicted octanol–water partition coefficient (Wildman–Crippen LogP) is 4.39. The summed E-state index contributed by atoms with van der Waals surface area (Å²) >= 11 is 0. The van der Waals surface area contributed by atoms with Gasteiger partial charge in [0.15, 0.2) is 6.10 Å². The van der Waals surface area contributed by atoms with Crippen LogP contribution in [0.5, 0.6) is 5.75 Å². The van der Waals surface area contributed by atoms with Gasteiger partial charge in [0.05, 0.1) is 5.69 Å². The number of nitrogens with zero attached hydrogens (tertiary/aromatic N) is 2. The highest BCUT2D eigenvalue weighted by molar-refractivity contribution is 5.82. The summed E-state index contributed by atoms with van der Waals surface area (Å²) in [6.45, 7) is 0.715. The second-order valence-corrected chi connectivity index (χ2v) is 7.78. The van der Waals surface area contributed by atoms with Crippen LogP contribution < -0.4 is 4.74 Å². The summed E-state index contributed by atoms with van der Waals surface area (Å²) in [5, 5.41) is 7.31. The van der Waals surface area contributed by atoms with Crippen LogP contribution in [0.25, 0.3) is 11.3 Å². The molecule has 1 aliphatic heterocycles. The van der Waals surface area contributed by atoms with E-state index in [1.165, 1.54) is 12.1 Å². The summed E-state index contributed by atoms with van der Waals surface area (Å²) in [6, 6.07) is 16.2. The Morgan fingerprint density at radius 3 is 2.87 bits per heavy atom. The molecule has 2 heterocycles. The van der Waals surface area contributed by atoms with Gasteiger partial charge in [0.1, 0.15) is 11.6 Å². The standard InChI is InChI=1S/C24H26FN3O2/c1-28(24(29)23-15-18-8-4-5-12-22(18)30-23)13-6-2-3-11-20-16-21(27-26-20)17-9-7-10-19(25)14-17/h4-5,7-10,12,14,16,23H,2-3,6,11,13,15H2,1H3,(H,26,27). The van der Waals surface area contributed by atoms with Gasteiger partial charge in [0.25, 0.3) is 5.91 Å². The monoisotopic (exact) mass is 407 g/mol. The van der Waals surface area contributed by atoms with E-state index in [4.69, 9.17) is 4.74 Å². The van der Waals surface area contributed by atoms with Crippen molar-refractivity contribution in [3.63, 3.8) is 0 Å². The smallest absolute Gasteiger partial charge is 0.263 e. The lowest BCUT2D eigenvalue weighted by atomic mass is 10.1. The van der Waals surface area contributed by atoms with Gasteiger partial charge in [-0.2, -0.15) is 5.10 Å². The van der Waals surface area contributed by atoms with Gasteiger partial charge in [-0.05, 0) is 49.1 Å². The maximum Gasteiger partial charge on any atom is 0.263 e. The number of rotatable bonds is 8. The minimum absolute atomic E-state index is 0.0412. The number of fused-ring (bicyclic) bond motifs is 1. The van der Waals surface area contributed by atoms with Crippen LogP contribution in [-0.4, -0.2) is 40.7 Å². The number of likely N-dealkylation sites (N-methyl/N-ethyl adjacent to an activating group) is 1.